The Labute approximate surface area is 185 Å². The number of aryl methyl sites for hydroxylation is 2. The van der Waals surface area contributed by atoms with Gasteiger partial charge in [0.05, 0.1) is 0 Å². The van der Waals surface area contributed by atoms with E-state index in [2.05, 4.69) is 36.2 Å². The van der Waals surface area contributed by atoms with E-state index in [-0.39, 0.29) is 13.2 Å². The molecule has 31 heavy (non-hydrogen) atoms. The number of hydrogen-bond acceptors (Lipinski definition) is 3. The van der Waals surface area contributed by atoms with Crippen LogP contribution >= 0.6 is 0 Å². The average molecular weight is 432 g/mol. The molecule has 5 heteroatoms. The number of ether oxygens (including phenoxy) is 2. The van der Waals surface area contributed by atoms with Gasteiger partial charge in [-0.1, -0.05) is 30.7 Å². The Kier molecular flexibility index (Phi) is 9.60. The van der Waals surface area contributed by atoms with Gasteiger partial charge < -0.3 is 14.4 Å². The summed E-state index contributed by atoms with van der Waals surface area (Å²) in [5, 5.41) is 0. The number of piperidine rings is 1. The molecule has 0 aliphatic carbocycles. The van der Waals surface area contributed by atoms with Crippen LogP contribution in [0.25, 0.3) is 0 Å². The highest BCUT2D eigenvalue weighted by atomic mass is 19.1. The second-order valence-electron chi connectivity index (χ2n) is 8.34. The molecule has 1 saturated heterocycles. The Morgan fingerprint density at radius 1 is 0.742 bits per heavy atom. The van der Waals surface area contributed by atoms with Gasteiger partial charge in [-0.15, -0.1) is 0 Å². The molecule has 1 heterocycles. The van der Waals surface area contributed by atoms with Gasteiger partial charge in [0.25, 0.3) is 0 Å². The Balaban J connectivity index is 1.44. The summed E-state index contributed by atoms with van der Waals surface area (Å²) >= 11 is 0. The lowest BCUT2D eigenvalue weighted by molar-refractivity contribution is 0.103. The summed E-state index contributed by atoms with van der Waals surface area (Å²) in [6.07, 6.45) is 8.19. The molecule has 3 nitrogen and oxygen atoms in total. The van der Waals surface area contributed by atoms with Gasteiger partial charge >= 0.3 is 0 Å². The van der Waals surface area contributed by atoms with Crippen LogP contribution in [0.3, 0.4) is 0 Å². The number of halogens is 2. The highest BCUT2D eigenvalue weighted by Gasteiger charge is 2.26. The molecule has 0 amide bonds. The fraction of sp³-hybridized carbons (Fsp3) is 0.538. The molecule has 2 aromatic carbocycles. The Bertz CT molecular complexity index is 688. The molecule has 1 aliphatic rings. The number of nitrogens with zero attached hydrogens (tertiary/aromatic N) is 1. The van der Waals surface area contributed by atoms with Crippen LogP contribution in [0.5, 0.6) is 11.5 Å². The molecular weight excluding hydrogens is 396 g/mol. The maximum Gasteiger partial charge on any atom is 0.123 e. The quantitative estimate of drug-likeness (QED) is 0.424. The third kappa shape index (κ3) is 7.49. The largest absolute Gasteiger partial charge is 0.491 e. The Hall–Kier alpha value is -2.14. The summed E-state index contributed by atoms with van der Waals surface area (Å²) in [4.78, 5) is 2.58. The van der Waals surface area contributed by atoms with Crippen LogP contribution < -0.4 is 9.47 Å². The van der Waals surface area contributed by atoms with Gasteiger partial charge in [-0.2, -0.15) is 0 Å². The van der Waals surface area contributed by atoms with Crippen LogP contribution in [0.1, 0.15) is 43.2 Å². The van der Waals surface area contributed by atoms with E-state index in [1.165, 1.54) is 30.4 Å². The molecule has 2 atom stereocenters. The number of alkyl halides is 2. The molecule has 1 fully saturated rings. The molecule has 0 bridgehead atoms. The molecule has 0 spiro atoms. The highest BCUT2D eigenvalue weighted by molar-refractivity contribution is 5.28. The van der Waals surface area contributed by atoms with Gasteiger partial charge in [-0.3, -0.25) is 0 Å². The van der Waals surface area contributed by atoms with Crippen LogP contribution in [-0.2, 0) is 12.8 Å². The monoisotopic (exact) mass is 431 g/mol. The van der Waals surface area contributed by atoms with Crippen molar-refractivity contribution in [1.82, 2.24) is 4.90 Å². The van der Waals surface area contributed by atoms with Crippen molar-refractivity contribution in [2.24, 2.45) is 0 Å². The minimum Gasteiger partial charge on any atom is -0.491 e. The van der Waals surface area contributed by atoms with Gasteiger partial charge in [0.15, 0.2) is 0 Å². The van der Waals surface area contributed by atoms with Crippen molar-refractivity contribution in [1.29, 1.82) is 0 Å². The fourth-order valence-corrected chi connectivity index (χ4v) is 4.47. The third-order valence-corrected chi connectivity index (χ3v) is 6.30. The lowest BCUT2D eigenvalue weighted by atomic mass is 9.89. The Morgan fingerprint density at radius 2 is 1.16 bits per heavy atom. The normalized spacial score (nSPS) is 19.3. The van der Waals surface area contributed by atoms with E-state index < -0.39 is 13.3 Å². The molecule has 0 saturated carbocycles. The second kappa shape index (κ2) is 12.7. The number of rotatable bonds is 12. The molecule has 0 aromatic heterocycles. The first-order valence-electron chi connectivity index (χ1n) is 11.5. The zero-order valence-electron chi connectivity index (χ0n) is 18.6. The van der Waals surface area contributed by atoms with Crippen LogP contribution in [0.4, 0.5) is 8.78 Å². The van der Waals surface area contributed by atoms with E-state index in [1.807, 2.05) is 24.3 Å². The summed E-state index contributed by atoms with van der Waals surface area (Å²) in [6, 6.07) is 17.3. The molecule has 2 aromatic rings. The molecule has 0 N–H and O–H groups in total. The maximum absolute atomic E-state index is 12.2. The lowest BCUT2D eigenvalue weighted by Gasteiger charge is -2.40. The lowest BCUT2D eigenvalue weighted by Crippen LogP contribution is -2.44. The van der Waals surface area contributed by atoms with Crippen molar-refractivity contribution in [3.05, 3.63) is 59.7 Å². The van der Waals surface area contributed by atoms with Gasteiger partial charge in [0.2, 0.25) is 0 Å². The maximum atomic E-state index is 12.2. The van der Waals surface area contributed by atoms with Crippen molar-refractivity contribution >= 4 is 0 Å². The minimum atomic E-state index is -0.461. The SMILES string of the molecule is CN1[C@@H](CCc2ccc(OCCF)cc2)CCC[C@H]1CCc1ccc(OCCF)cc1. The number of hydrogen-bond donors (Lipinski definition) is 0. The topological polar surface area (TPSA) is 21.7 Å². The number of benzene rings is 2. The number of likely N-dealkylation sites (tertiary alicyclic amines) is 1. The average Bonchev–Trinajstić information content (AvgIpc) is 2.81. The van der Waals surface area contributed by atoms with Crippen molar-refractivity contribution in [3.8, 4) is 11.5 Å². The molecule has 3 rings (SSSR count). The summed E-state index contributed by atoms with van der Waals surface area (Å²) in [6.45, 7) is -0.691. The van der Waals surface area contributed by atoms with Crippen molar-refractivity contribution in [3.63, 3.8) is 0 Å². The molecule has 1 aliphatic heterocycles. The molecule has 170 valence electrons. The van der Waals surface area contributed by atoms with E-state index in [1.54, 1.807) is 0 Å². The van der Waals surface area contributed by atoms with E-state index in [0.717, 1.165) is 37.2 Å². The highest BCUT2D eigenvalue weighted by Crippen LogP contribution is 2.28. The van der Waals surface area contributed by atoms with E-state index >= 15 is 0 Å². The van der Waals surface area contributed by atoms with Gasteiger partial charge in [-0.05, 0) is 81.0 Å². The van der Waals surface area contributed by atoms with Crippen molar-refractivity contribution in [2.45, 2.75) is 57.0 Å². The van der Waals surface area contributed by atoms with E-state index in [9.17, 15) is 8.78 Å². The van der Waals surface area contributed by atoms with Crippen LogP contribution in [0.2, 0.25) is 0 Å². The third-order valence-electron chi connectivity index (χ3n) is 6.30. The summed E-state index contributed by atoms with van der Waals surface area (Å²) in [5.74, 6) is 1.47. The standard InChI is InChI=1S/C26H35F2NO2/c1-29-23(11-5-21-7-13-25(14-8-21)30-19-17-27)3-2-4-24(29)12-6-22-9-15-26(16-10-22)31-20-18-28/h7-10,13-16,23-24H,2-6,11-12,17-20H2,1H3/t23-,24+. The first-order valence-corrected chi connectivity index (χ1v) is 11.5. The summed E-state index contributed by atoms with van der Waals surface area (Å²) in [7, 11) is 2.27. The van der Waals surface area contributed by atoms with Crippen molar-refractivity contribution in [2.75, 3.05) is 33.6 Å². The van der Waals surface area contributed by atoms with Crippen molar-refractivity contribution < 1.29 is 18.3 Å². The van der Waals surface area contributed by atoms with Crippen LogP contribution in [0, 0.1) is 0 Å². The van der Waals surface area contributed by atoms with E-state index in [0.29, 0.717) is 12.1 Å². The zero-order chi connectivity index (χ0) is 21.9. The zero-order valence-corrected chi connectivity index (χ0v) is 18.6. The molecular formula is C26H35F2NO2. The van der Waals surface area contributed by atoms with Gasteiger partial charge in [-0.25, -0.2) is 8.78 Å². The van der Waals surface area contributed by atoms with E-state index in [4.69, 9.17) is 9.47 Å². The van der Waals surface area contributed by atoms with Gasteiger partial charge in [0, 0.05) is 12.1 Å². The van der Waals surface area contributed by atoms with Crippen LogP contribution in [0.15, 0.2) is 48.5 Å². The Morgan fingerprint density at radius 3 is 1.55 bits per heavy atom. The summed E-state index contributed by atoms with van der Waals surface area (Å²) in [5.41, 5.74) is 2.61. The predicted molar refractivity (Wildman–Crippen MR) is 122 cm³/mol. The smallest absolute Gasteiger partial charge is 0.123 e. The van der Waals surface area contributed by atoms with Gasteiger partial charge in [0.1, 0.15) is 38.1 Å². The summed E-state index contributed by atoms with van der Waals surface area (Å²) < 4.78 is 35.1. The fourth-order valence-electron chi connectivity index (χ4n) is 4.47. The first kappa shape index (κ1) is 23.5. The second-order valence-corrected chi connectivity index (χ2v) is 8.34. The minimum absolute atomic E-state index is 0.116. The predicted octanol–water partition coefficient (Wildman–Crippen LogP) is 5.80. The first-order chi connectivity index (χ1) is 15.2. The molecule has 0 radical (unpaired) electrons. The van der Waals surface area contributed by atoms with Crippen LogP contribution in [-0.4, -0.2) is 50.6 Å². The molecule has 0 unspecified atom stereocenters.